The molecule has 0 fully saturated rings. The smallest absolute Gasteiger partial charge is 0.313 e. The van der Waals surface area contributed by atoms with E-state index in [2.05, 4.69) is 5.32 Å². The van der Waals surface area contributed by atoms with Crippen LogP contribution in [0.15, 0.2) is 54.6 Å². The highest BCUT2D eigenvalue weighted by Crippen LogP contribution is 2.16. The molecule has 25 heavy (non-hydrogen) atoms. The zero-order valence-corrected chi connectivity index (χ0v) is 14.6. The van der Waals surface area contributed by atoms with Crippen LogP contribution in [0, 0.1) is 0 Å². The average Bonchev–Trinajstić information content (AvgIpc) is 2.60. The number of carbonyl (C=O) groups excluding carboxylic acids is 1. The second kappa shape index (κ2) is 10.5. The third kappa shape index (κ3) is 7.87. The number of benzene rings is 2. The molecule has 0 bridgehead atoms. The van der Waals surface area contributed by atoms with Gasteiger partial charge in [-0.2, -0.15) is 0 Å². The molecule has 2 rings (SSSR count). The van der Waals surface area contributed by atoms with Crippen LogP contribution in [0.2, 0.25) is 0 Å². The normalized spacial score (nSPS) is 10.4. The number of hydrogen-bond donors (Lipinski definition) is 2. The minimum Gasteiger partial charge on any atom is -0.481 e. The van der Waals surface area contributed by atoms with Crippen LogP contribution in [0.4, 0.5) is 5.69 Å². The molecule has 132 valence electrons. The summed E-state index contributed by atoms with van der Waals surface area (Å²) in [6, 6.07) is 17.2. The van der Waals surface area contributed by atoms with Gasteiger partial charge in [0.1, 0.15) is 0 Å². The van der Waals surface area contributed by atoms with Crippen LogP contribution in [-0.4, -0.2) is 29.3 Å². The van der Waals surface area contributed by atoms with Crippen LogP contribution in [-0.2, 0) is 26.7 Å². The van der Waals surface area contributed by atoms with E-state index < -0.39 is 5.97 Å². The average molecular weight is 359 g/mol. The number of thioether (sulfide) groups is 1. The van der Waals surface area contributed by atoms with Crippen LogP contribution in [0.1, 0.15) is 17.5 Å². The molecular weight excluding hydrogens is 338 g/mol. The van der Waals surface area contributed by atoms with Gasteiger partial charge in [0.15, 0.2) is 0 Å². The molecule has 2 aromatic carbocycles. The Bertz CT molecular complexity index is 691. The number of rotatable bonds is 10. The minimum atomic E-state index is -0.829. The molecule has 1 amide bonds. The number of aliphatic carboxylic acids is 1. The number of carbonyl (C=O) groups is 2. The fourth-order valence-corrected chi connectivity index (χ4v) is 2.84. The summed E-state index contributed by atoms with van der Waals surface area (Å²) in [5, 5.41) is 11.5. The summed E-state index contributed by atoms with van der Waals surface area (Å²) >= 11 is 1.32. The molecule has 6 heteroatoms. The van der Waals surface area contributed by atoms with E-state index in [1.165, 1.54) is 11.8 Å². The Morgan fingerprint density at radius 2 is 1.80 bits per heavy atom. The standard InChI is InChI=1S/C19H21NO4S/c21-18(9-10-24-12-15-5-2-1-3-6-15)20-17-8-4-7-16(11-17)13-25-14-19(22)23/h1-8,11H,9-10,12-14H2,(H,20,21)(H,22,23). The summed E-state index contributed by atoms with van der Waals surface area (Å²) in [6.07, 6.45) is 0.283. The van der Waals surface area contributed by atoms with E-state index >= 15 is 0 Å². The molecular formula is C19H21NO4S. The van der Waals surface area contributed by atoms with Crippen LogP contribution in [0.5, 0.6) is 0 Å². The van der Waals surface area contributed by atoms with Crippen LogP contribution >= 0.6 is 11.8 Å². The van der Waals surface area contributed by atoms with Crippen LogP contribution in [0.3, 0.4) is 0 Å². The lowest BCUT2D eigenvalue weighted by atomic mass is 10.2. The maximum Gasteiger partial charge on any atom is 0.313 e. The summed E-state index contributed by atoms with van der Waals surface area (Å²) in [7, 11) is 0. The van der Waals surface area contributed by atoms with Gasteiger partial charge in [-0.15, -0.1) is 11.8 Å². The third-order valence-electron chi connectivity index (χ3n) is 3.29. The summed E-state index contributed by atoms with van der Waals surface area (Å²) in [4.78, 5) is 22.5. The van der Waals surface area contributed by atoms with E-state index in [4.69, 9.17) is 9.84 Å². The molecule has 2 aromatic rings. The van der Waals surface area contributed by atoms with Gasteiger partial charge in [0.25, 0.3) is 0 Å². The van der Waals surface area contributed by atoms with Crippen molar-refractivity contribution in [1.82, 2.24) is 0 Å². The van der Waals surface area contributed by atoms with Crippen molar-refractivity contribution in [2.24, 2.45) is 0 Å². The second-order valence-electron chi connectivity index (χ2n) is 5.42. The number of carboxylic acids is 1. The SMILES string of the molecule is O=C(O)CSCc1cccc(NC(=O)CCOCc2ccccc2)c1. The Morgan fingerprint density at radius 1 is 1.04 bits per heavy atom. The van der Waals surface area contributed by atoms with E-state index in [1.54, 1.807) is 0 Å². The largest absolute Gasteiger partial charge is 0.481 e. The van der Waals surface area contributed by atoms with Crippen molar-refractivity contribution in [3.8, 4) is 0 Å². The number of amides is 1. The van der Waals surface area contributed by atoms with Gasteiger partial charge in [-0.05, 0) is 23.3 Å². The predicted octanol–water partition coefficient (Wildman–Crippen LogP) is 3.55. The molecule has 5 nitrogen and oxygen atoms in total. The maximum absolute atomic E-state index is 12.0. The molecule has 0 unspecified atom stereocenters. The molecule has 2 N–H and O–H groups in total. The van der Waals surface area contributed by atoms with Gasteiger partial charge in [-0.1, -0.05) is 42.5 Å². The Morgan fingerprint density at radius 3 is 2.56 bits per heavy atom. The van der Waals surface area contributed by atoms with E-state index in [-0.39, 0.29) is 18.1 Å². The van der Waals surface area contributed by atoms with Gasteiger partial charge in [-0.3, -0.25) is 9.59 Å². The number of anilines is 1. The first-order valence-corrected chi connectivity index (χ1v) is 9.09. The first kappa shape index (κ1) is 19.0. The predicted molar refractivity (Wildman–Crippen MR) is 99.6 cm³/mol. The fraction of sp³-hybridized carbons (Fsp3) is 0.263. The molecule has 0 saturated carbocycles. The monoisotopic (exact) mass is 359 g/mol. The van der Waals surface area contributed by atoms with Crippen LogP contribution in [0.25, 0.3) is 0 Å². The molecule has 0 aliphatic rings. The van der Waals surface area contributed by atoms with E-state index in [9.17, 15) is 9.59 Å². The Kier molecular flexibility index (Phi) is 8.01. The Labute approximate surface area is 151 Å². The Hall–Kier alpha value is -2.31. The number of ether oxygens (including phenoxy) is 1. The number of carboxylic acid groups (broad SMARTS) is 1. The van der Waals surface area contributed by atoms with E-state index in [0.717, 1.165) is 11.1 Å². The molecule has 0 aromatic heterocycles. The van der Waals surface area contributed by atoms with Gasteiger partial charge in [0.2, 0.25) is 5.91 Å². The van der Waals surface area contributed by atoms with Crippen molar-refractivity contribution in [2.45, 2.75) is 18.8 Å². The van der Waals surface area contributed by atoms with Crippen molar-refractivity contribution in [3.05, 3.63) is 65.7 Å². The molecule has 0 atom stereocenters. The third-order valence-corrected chi connectivity index (χ3v) is 4.28. The molecule has 0 spiro atoms. The second-order valence-corrected chi connectivity index (χ2v) is 6.41. The lowest BCUT2D eigenvalue weighted by Gasteiger charge is -2.08. The van der Waals surface area contributed by atoms with Gasteiger partial charge in [-0.25, -0.2) is 0 Å². The molecule has 0 saturated heterocycles. The fourth-order valence-electron chi connectivity index (χ4n) is 2.15. The summed E-state index contributed by atoms with van der Waals surface area (Å²) in [5.41, 5.74) is 2.76. The Balaban J connectivity index is 1.70. The maximum atomic E-state index is 12.0. The van der Waals surface area contributed by atoms with Gasteiger partial charge in [0, 0.05) is 11.4 Å². The first-order chi connectivity index (χ1) is 12.1. The van der Waals surface area contributed by atoms with Gasteiger partial charge >= 0.3 is 5.97 Å². The van der Waals surface area contributed by atoms with Crippen molar-refractivity contribution in [3.63, 3.8) is 0 Å². The number of hydrogen-bond acceptors (Lipinski definition) is 4. The van der Waals surface area contributed by atoms with Crippen molar-refractivity contribution >= 4 is 29.3 Å². The summed E-state index contributed by atoms with van der Waals surface area (Å²) in [6.45, 7) is 0.847. The highest BCUT2D eigenvalue weighted by Gasteiger charge is 2.04. The molecule has 0 radical (unpaired) electrons. The zero-order valence-electron chi connectivity index (χ0n) is 13.8. The first-order valence-electron chi connectivity index (χ1n) is 7.93. The highest BCUT2D eigenvalue weighted by atomic mass is 32.2. The highest BCUT2D eigenvalue weighted by molar-refractivity contribution is 7.99. The van der Waals surface area contributed by atoms with Gasteiger partial charge < -0.3 is 15.2 Å². The van der Waals surface area contributed by atoms with Crippen molar-refractivity contribution < 1.29 is 19.4 Å². The minimum absolute atomic E-state index is 0.0648. The van der Waals surface area contributed by atoms with Crippen molar-refractivity contribution in [1.29, 1.82) is 0 Å². The lowest BCUT2D eigenvalue weighted by molar-refractivity contribution is -0.133. The quantitative estimate of drug-likeness (QED) is 0.635. The number of nitrogens with one attached hydrogen (secondary N) is 1. The van der Waals surface area contributed by atoms with Crippen molar-refractivity contribution in [2.75, 3.05) is 17.7 Å². The van der Waals surface area contributed by atoms with Crippen LogP contribution < -0.4 is 5.32 Å². The summed E-state index contributed by atoms with van der Waals surface area (Å²) in [5.74, 6) is -0.278. The van der Waals surface area contributed by atoms with Gasteiger partial charge in [0.05, 0.1) is 25.4 Å². The molecule has 0 aliphatic carbocycles. The van der Waals surface area contributed by atoms with E-state index in [1.807, 2.05) is 54.6 Å². The summed E-state index contributed by atoms with van der Waals surface area (Å²) < 4.78 is 5.51. The van der Waals surface area contributed by atoms with E-state index in [0.29, 0.717) is 24.7 Å². The zero-order chi connectivity index (χ0) is 17.9. The molecule has 0 heterocycles. The lowest BCUT2D eigenvalue weighted by Crippen LogP contribution is -2.14. The topological polar surface area (TPSA) is 75.6 Å². The molecule has 0 aliphatic heterocycles.